The molecule has 0 N–H and O–H groups in total. The number of allylic oxidation sites excluding steroid dienone is 2. The van der Waals surface area contributed by atoms with Crippen LogP contribution in [0.3, 0.4) is 0 Å². The molecule has 2 atom stereocenters. The van der Waals surface area contributed by atoms with Crippen LogP contribution in [-0.4, -0.2) is 26.8 Å². The summed E-state index contributed by atoms with van der Waals surface area (Å²) in [5.74, 6) is 0.0988. The fraction of sp³-hybridized carbons (Fsp3) is 0.0238. The van der Waals surface area contributed by atoms with Crippen LogP contribution in [0, 0.1) is 0 Å². The van der Waals surface area contributed by atoms with Crippen LogP contribution in [0.25, 0.3) is 44.2 Å². The largest absolute Gasteiger partial charge is 0.329 e. The average molecular weight is 1180 g/mol. The number of anilines is 8. The van der Waals surface area contributed by atoms with Gasteiger partial charge in [0.05, 0.1) is 22.8 Å². The molecule has 2 unspecified atom stereocenters. The topological polar surface area (TPSA) is 14.7 Å². The summed E-state index contributed by atoms with van der Waals surface area (Å²) in [6.07, 6.45) is 4.88. The highest BCUT2D eigenvalue weighted by atomic mass is 28.3. The molecule has 19 rings (SSSR count). The second-order valence-electron chi connectivity index (χ2n) is 24.6. The Morgan fingerprint density at radius 3 is 1.18 bits per heavy atom. The maximum Gasteiger partial charge on any atom is 0.184 e. The predicted octanol–water partition coefficient (Wildman–Crippen LogP) is 15.3. The van der Waals surface area contributed by atoms with Crippen molar-refractivity contribution >= 4 is 136 Å². The van der Waals surface area contributed by atoms with E-state index in [0.29, 0.717) is 0 Å². The molecule has 0 bridgehead atoms. The Morgan fingerprint density at radius 2 is 0.700 bits per heavy atom. The van der Waals surface area contributed by atoms with Crippen LogP contribution < -0.4 is 56.2 Å². The number of para-hydroxylation sites is 6. The molecule has 422 valence electrons. The Kier molecular flexibility index (Phi) is 11.2. The third kappa shape index (κ3) is 6.94. The van der Waals surface area contributed by atoms with Crippen LogP contribution >= 0.6 is 0 Å². The molecule has 4 nitrogen and oxygen atoms in total. The second kappa shape index (κ2) is 19.7. The van der Waals surface area contributed by atoms with Crippen LogP contribution in [0.5, 0.6) is 0 Å². The van der Waals surface area contributed by atoms with Crippen LogP contribution in [-0.2, 0) is 0 Å². The molecule has 6 heteroatoms. The van der Waals surface area contributed by atoms with Crippen LogP contribution in [0.4, 0.5) is 45.5 Å². The van der Waals surface area contributed by atoms with E-state index in [1.54, 1.807) is 0 Å². The first-order chi connectivity index (χ1) is 44.7. The van der Waals surface area contributed by atoms with Crippen molar-refractivity contribution in [1.29, 1.82) is 0 Å². The summed E-state index contributed by atoms with van der Waals surface area (Å²) in [5.41, 5.74) is 19.9. The van der Waals surface area contributed by atoms with E-state index in [-0.39, 0.29) is 12.0 Å². The second-order valence-corrected chi connectivity index (χ2v) is 32.0. The van der Waals surface area contributed by atoms with E-state index >= 15 is 0 Å². The highest BCUT2D eigenvalue weighted by molar-refractivity contribution is 7.22. The summed E-state index contributed by atoms with van der Waals surface area (Å²) in [5, 5.41) is 13.7. The van der Waals surface area contributed by atoms with Gasteiger partial charge >= 0.3 is 0 Å². The number of benzene rings is 13. The molecule has 0 radical (unpaired) electrons. The van der Waals surface area contributed by atoms with Gasteiger partial charge in [-0.15, -0.1) is 0 Å². The molecule has 0 saturated heterocycles. The molecule has 0 saturated carbocycles. The Morgan fingerprint density at radius 1 is 0.300 bits per heavy atom. The number of nitrogens with zero attached hydrogens (tertiary/aromatic N) is 4. The normalized spacial score (nSPS) is 16.7. The summed E-state index contributed by atoms with van der Waals surface area (Å²) in [6.45, 7) is 0. The lowest BCUT2D eigenvalue weighted by atomic mass is 9.78. The van der Waals surface area contributed by atoms with Gasteiger partial charge in [0.15, 0.2) is 16.1 Å². The van der Waals surface area contributed by atoms with E-state index < -0.39 is 16.1 Å². The standard InChI is InChI=1S/C84H58N4Si2/c1-5-25-61(26-6-1)89(62-27-7-2-8-28-62)77-41-21-17-37-71(77)85(72-38-18-22-42-78(72)89)59-49-45-57(46-50-59)65-53-55-75-83-81(65)67-33-13-15-35-69(67)87(83)76-56-54-66(82-68-34-14-16-36-70(68)88(75)84(76)82)58-47-51-60(52-48-58)86-73-39-19-23-43-79(73)90(63-29-9-3-10-30-63,64-31-11-4-12-32-64)80-44-24-20-40-74(80)86/h1-56,81,83H. The van der Waals surface area contributed by atoms with Crippen molar-refractivity contribution in [2.45, 2.75) is 12.0 Å². The maximum atomic E-state index is 2.68. The Balaban J connectivity index is 0.723. The zero-order valence-electron chi connectivity index (χ0n) is 49.3. The van der Waals surface area contributed by atoms with E-state index in [1.165, 1.54) is 131 Å². The zero-order chi connectivity index (χ0) is 59.1. The third-order valence-electron chi connectivity index (χ3n) is 20.4. The zero-order valence-corrected chi connectivity index (χ0v) is 51.3. The Hall–Kier alpha value is -11.0. The van der Waals surface area contributed by atoms with Gasteiger partial charge in [-0.1, -0.05) is 267 Å². The third-order valence-corrected chi connectivity index (χ3v) is 30.1. The van der Waals surface area contributed by atoms with E-state index in [0.717, 1.165) is 11.4 Å². The number of aromatic nitrogens is 1. The lowest BCUT2D eigenvalue weighted by Crippen LogP contribution is -2.77. The van der Waals surface area contributed by atoms with Gasteiger partial charge < -0.3 is 19.3 Å². The minimum Gasteiger partial charge on any atom is -0.329 e. The van der Waals surface area contributed by atoms with Gasteiger partial charge in [-0.3, -0.25) is 0 Å². The molecule has 5 heterocycles. The smallest absolute Gasteiger partial charge is 0.184 e. The quantitative estimate of drug-likeness (QED) is 0.141. The molecule has 0 fully saturated rings. The molecular weight excluding hydrogens is 1120 g/mol. The maximum absolute atomic E-state index is 2.74. The molecule has 90 heavy (non-hydrogen) atoms. The van der Waals surface area contributed by atoms with Gasteiger partial charge in [-0.05, 0) is 142 Å². The van der Waals surface area contributed by atoms with Crippen molar-refractivity contribution in [3.8, 4) is 11.1 Å². The molecule has 0 amide bonds. The van der Waals surface area contributed by atoms with Crippen molar-refractivity contribution in [3.63, 3.8) is 0 Å². The van der Waals surface area contributed by atoms with Gasteiger partial charge in [0.2, 0.25) is 0 Å². The average Bonchev–Trinajstić information content (AvgIpc) is 1.38. The van der Waals surface area contributed by atoms with Crippen molar-refractivity contribution < 1.29 is 0 Å². The van der Waals surface area contributed by atoms with E-state index in [1.807, 2.05) is 0 Å². The molecule has 1 aliphatic carbocycles. The van der Waals surface area contributed by atoms with E-state index in [9.17, 15) is 0 Å². The molecule has 14 aromatic rings. The van der Waals surface area contributed by atoms with E-state index in [2.05, 4.69) is 359 Å². The lowest BCUT2D eigenvalue weighted by molar-refractivity contribution is 0.737. The highest BCUT2D eigenvalue weighted by Crippen LogP contribution is 2.60. The number of rotatable bonds is 8. The van der Waals surface area contributed by atoms with Crippen molar-refractivity contribution in [2.24, 2.45) is 0 Å². The number of hydrogen-bond donors (Lipinski definition) is 0. The van der Waals surface area contributed by atoms with Gasteiger partial charge in [0, 0.05) is 62.2 Å². The monoisotopic (exact) mass is 1180 g/mol. The molecule has 5 aliphatic rings. The first kappa shape index (κ1) is 51.1. The first-order valence-corrected chi connectivity index (χ1v) is 35.5. The minimum atomic E-state index is -2.74. The fourth-order valence-corrected chi connectivity index (χ4v) is 27.2. The van der Waals surface area contributed by atoms with Crippen LogP contribution in [0.2, 0.25) is 0 Å². The minimum absolute atomic E-state index is 0.0505. The highest BCUT2D eigenvalue weighted by Gasteiger charge is 2.52. The van der Waals surface area contributed by atoms with Crippen LogP contribution in [0.1, 0.15) is 17.0 Å². The summed E-state index contributed by atoms with van der Waals surface area (Å²) >= 11 is 0. The summed E-state index contributed by atoms with van der Waals surface area (Å²) in [6, 6.07) is 124. The van der Waals surface area contributed by atoms with Gasteiger partial charge in [0.1, 0.15) is 0 Å². The molecule has 4 aliphatic heterocycles. The van der Waals surface area contributed by atoms with Crippen LogP contribution in [0.15, 0.2) is 340 Å². The lowest BCUT2D eigenvalue weighted by Gasteiger charge is -2.45. The number of fused-ring (bicyclic) bond motifs is 12. The summed E-state index contributed by atoms with van der Waals surface area (Å²) in [4.78, 5) is 7.71. The molecular formula is C84H58N4Si2. The van der Waals surface area contributed by atoms with Crippen molar-refractivity contribution in [1.82, 2.24) is 4.57 Å². The number of hydrogen-bond acceptors (Lipinski definition) is 3. The molecule has 0 spiro atoms. The van der Waals surface area contributed by atoms with E-state index in [4.69, 9.17) is 0 Å². The molecule has 1 aromatic heterocycles. The van der Waals surface area contributed by atoms with Crippen molar-refractivity contribution in [2.75, 3.05) is 14.7 Å². The van der Waals surface area contributed by atoms with Gasteiger partial charge in [-0.25, -0.2) is 0 Å². The van der Waals surface area contributed by atoms with Gasteiger partial charge in [0.25, 0.3) is 0 Å². The fourth-order valence-electron chi connectivity index (χ4n) is 17.0. The Labute approximate surface area is 526 Å². The first-order valence-electron chi connectivity index (χ1n) is 31.5. The predicted molar refractivity (Wildman–Crippen MR) is 382 cm³/mol. The SMILES string of the molecule is C1=C(c2ccc(N3c4ccccc4[Si](c4ccccc4)(c4ccccc4)c4ccccc43)cc2)C2c3ccccc3N3c4ccc(-c5ccc(N6c7ccccc7[Si](c7ccccc7)(c7ccccc7)c7ccccc76)cc5)c5c6ccccc6n(c45)C(=C1)C23. The van der Waals surface area contributed by atoms with Crippen molar-refractivity contribution in [3.05, 3.63) is 351 Å². The summed E-state index contributed by atoms with van der Waals surface area (Å²) < 4.78 is 2.62. The Bertz CT molecular complexity index is 5090. The van der Waals surface area contributed by atoms with Gasteiger partial charge in [-0.2, -0.15) is 0 Å². The molecule has 13 aromatic carbocycles. The summed E-state index contributed by atoms with van der Waals surface area (Å²) in [7, 11) is -5.48.